The van der Waals surface area contributed by atoms with Gasteiger partial charge in [-0.3, -0.25) is 4.79 Å². The van der Waals surface area contributed by atoms with Gasteiger partial charge >= 0.3 is 0 Å². The fourth-order valence-electron chi connectivity index (χ4n) is 4.01. The predicted molar refractivity (Wildman–Crippen MR) is 118 cm³/mol. The summed E-state index contributed by atoms with van der Waals surface area (Å²) in [6.07, 6.45) is 3.19. The predicted octanol–water partition coefficient (Wildman–Crippen LogP) is 5.59. The van der Waals surface area contributed by atoms with Crippen LogP contribution in [-0.4, -0.2) is 10.9 Å². The second-order valence-electron chi connectivity index (χ2n) is 8.92. The Kier molecular flexibility index (Phi) is 4.66. The molecule has 3 N–H and O–H groups in total. The highest BCUT2D eigenvalue weighted by Crippen LogP contribution is 2.40. The van der Waals surface area contributed by atoms with Gasteiger partial charge in [0, 0.05) is 16.8 Å². The standard InChI is InChI=1S/C23H27N3OS/c1-13-6-5-7-16(10-13)25-21(27)20-19(24)17-12-14-11-15(23(2,3)4)8-9-18(14)26-22(17)28-20/h5-7,10,12,15H,8-9,11,24H2,1-4H3,(H,25,27). The molecule has 4 nitrogen and oxygen atoms in total. The molecule has 1 aromatic carbocycles. The number of anilines is 2. The SMILES string of the molecule is Cc1cccc(NC(=O)c2sc3nc4c(cc3c2N)CC(C(C)(C)C)CC4)c1. The molecule has 2 heterocycles. The molecule has 2 aromatic heterocycles. The van der Waals surface area contributed by atoms with Crippen molar-refractivity contribution >= 4 is 38.8 Å². The number of nitrogen functional groups attached to an aromatic ring is 1. The maximum absolute atomic E-state index is 12.8. The van der Waals surface area contributed by atoms with Gasteiger partial charge < -0.3 is 11.1 Å². The van der Waals surface area contributed by atoms with E-state index in [1.807, 2.05) is 31.2 Å². The lowest BCUT2D eigenvalue weighted by Crippen LogP contribution is -2.27. The van der Waals surface area contributed by atoms with Gasteiger partial charge in [-0.2, -0.15) is 0 Å². The van der Waals surface area contributed by atoms with Gasteiger partial charge in [0.2, 0.25) is 0 Å². The first-order chi connectivity index (χ1) is 13.2. The van der Waals surface area contributed by atoms with Crippen LogP contribution in [0.5, 0.6) is 0 Å². The summed E-state index contributed by atoms with van der Waals surface area (Å²) in [6.45, 7) is 8.92. The van der Waals surface area contributed by atoms with Gasteiger partial charge in [-0.25, -0.2) is 4.98 Å². The second kappa shape index (κ2) is 6.89. The van der Waals surface area contributed by atoms with Crippen LogP contribution in [0.2, 0.25) is 0 Å². The number of aryl methyl sites for hydroxylation is 2. The van der Waals surface area contributed by atoms with E-state index in [1.165, 1.54) is 22.6 Å². The summed E-state index contributed by atoms with van der Waals surface area (Å²) in [7, 11) is 0. The lowest BCUT2D eigenvalue weighted by atomic mass is 9.71. The fourth-order valence-corrected chi connectivity index (χ4v) is 5.00. The zero-order valence-electron chi connectivity index (χ0n) is 16.9. The number of hydrogen-bond acceptors (Lipinski definition) is 4. The minimum absolute atomic E-state index is 0.170. The molecular weight excluding hydrogens is 366 g/mol. The van der Waals surface area contributed by atoms with E-state index in [0.717, 1.165) is 40.7 Å². The van der Waals surface area contributed by atoms with Crippen LogP contribution in [0.25, 0.3) is 10.2 Å². The average molecular weight is 394 g/mol. The van der Waals surface area contributed by atoms with Crippen molar-refractivity contribution in [2.75, 3.05) is 11.1 Å². The normalized spacial score (nSPS) is 16.8. The Morgan fingerprint density at radius 2 is 2.07 bits per heavy atom. The highest BCUT2D eigenvalue weighted by atomic mass is 32.1. The molecule has 5 heteroatoms. The lowest BCUT2D eigenvalue weighted by Gasteiger charge is -2.34. The molecule has 0 saturated heterocycles. The maximum Gasteiger partial charge on any atom is 0.267 e. The summed E-state index contributed by atoms with van der Waals surface area (Å²) in [4.78, 5) is 19.1. The van der Waals surface area contributed by atoms with Gasteiger partial charge in [-0.05, 0) is 66.8 Å². The third-order valence-electron chi connectivity index (χ3n) is 5.79. The number of amides is 1. The summed E-state index contributed by atoms with van der Waals surface area (Å²) in [5, 5.41) is 3.87. The van der Waals surface area contributed by atoms with Gasteiger partial charge in [0.1, 0.15) is 9.71 Å². The van der Waals surface area contributed by atoms with Crippen LogP contribution in [0.4, 0.5) is 11.4 Å². The first-order valence-electron chi connectivity index (χ1n) is 9.81. The molecule has 0 aliphatic heterocycles. The van der Waals surface area contributed by atoms with Crippen LogP contribution >= 0.6 is 11.3 Å². The van der Waals surface area contributed by atoms with E-state index in [0.29, 0.717) is 16.5 Å². The van der Waals surface area contributed by atoms with Crippen LogP contribution in [0, 0.1) is 18.3 Å². The largest absolute Gasteiger partial charge is 0.397 e. The Bertz CT molecular complexity index is 1060. The van der Waals surface area contributed by atoms with Crippen LogP contribution < -0.4 is 11.1 Å². The minimum atomic E-state index is -0.170. The van der Waals surface area contributed by atoms with Crippen LogP contribution in [0.3, 0.4) is 0 Å². The first-order valence-corrected chi connectivity index (χ1v) is 10.6. The molecule has 4 rings (SSSR count). The Labute approximate surface area is 170 Å². The van der Waals surface area contributed by atoms with Gasteiger partial charge in [0.25, 0.3) is 5.91 Å². The number of hydrogen-bond donors (Lipinski definition) is 2. The average Bonchev–Trinajstić information content (AvgIpc) is 2.95. The molecule has 3 aromatic rings. The second-order valence-corrected chi connectivity index (χ2v) is 9.92. The number of pyridine rings is 1. The lowest BCUT2D eigenvalue weighted by molar-refractivity contribution is 0.103. The molecule has 0 fully saturated rings. The molecule has 146 valence electrons. The highest BCUT2D eigenvalue weighted by Gasteiger charge is 2.30. The number of benzene rings is 1. The van der Waals surface area contributed by atoms with Crippen LogP contribution in [0.15, 0.2) is 30.3 Å². The van der Waals surface area contributed by atoms with Gasteiger partial charge in [0.05, 0.1) is 5.69 Å². The van der Waals surface area contributed by atoms with E-state index < -0.39 is 0 Å². The molecule has 0 saturated carbocycles. The molecule has 1 unspecified atom stereocenters. The summed E-state index contributed by atoms with van der Waals surface area (Å²) >= 11 is 1.39. The number of rotatable bonds is 2. The molecule has 1 aliphatic rings. The molecule has 1 amide bonds. The van der Waals surface area contributed by atoms with Crippen molar-refractivity contribution in [3.05, 3.63) is 52.0 Å². The van der Waals surface area contributed by atoms with Crippen molar-refractivity contribution in [3.8, 4) is 0 Å². The van der Waals surface area contributed by atoms with Crippen molar-refractivity contribution < 1.29 is 4.79 Å². The van der Waals surface area contributed by atoms with Crippen molar-refractivity contribution in [2.45, 2.75) is 47.0 Å². The Hall–Kier alpha value is -2.40. The number of fused-ring (bicyclic) bond motifs is 2. The number of aromatic nitrogens is 1. The van der Waals surface area contributed by atoms with Crippen molar-refractivity contribution in [1.82, 2.24) is 4.98 Å². The van der Waals surface area contributed by atoms with Gasteiger partial charge in [-0.15, -0.1) is 11.3 Å². The number of nitrogens with one attached hydrogen (secondary N) is 1. The molecule has 1 atom stereocenters. The number of carbonyl (C=O) groups excluding carboxylic acids is 1. The molecule has 0 radical (unpaired) electrons. The van der Waals surface area contributed by atoms with E-state index in [4.69, 9.17) is 10.7 Å². The Morgan fingerprint density at radius 3 is 2.79 bits per heavy atom. The highest BCUT2D eigenvalue weighted by molar-refractivity contribution is 7.21. The molecule has 0 bridgehead atoms. The van der Waals surface area contributed by atoms with Crippen molar-refractivity contribution in [3.63, 3.8) is 0 Å². The number of nitrogens with zero attached hydrogens (tertiary/aromatic N) is 1. The number of nitrogens with two attached hydrogens (primary N) is 1. The van der Waals surface area contributed by atoms with Gasteiger partial charge in [0.15, 0.2) is 0 Å². The first kappa shape index (κ1) is 18.9. The van der Waals surface area contributed by atoms with Crippen molar-refractivity contribution in [1.29, 1.82) is 0 Å². The van der Waals surface area contributed by atoms with E-state index in [2.05, 4.69) is 32.2 Å². The quantitative estimate of drug-likeness (QED) is 0.596. The van der Waals surface area contributed by atoms with Crippen LogP contribution in [0.1, 0.15) is 53.7 Å². The maximum atomic E-state index is 12.8. The van der Waals surface area contributed by atoms with E-state index in [1.54, 1.807) is 0 Å². The number of carbonyl (C=O) groups is 1. The van der Waals surface area contributed by atoms with Gasteiger partial charge in [-0.1, -0.05) is 32.9 Å². The monoisotopic (exact) mass is 393 g/mol. The zero-order chi connectivity index (χ0) is 20.1. The summed E-state index contributed by atoms with van der Waals surface area (Å²) in [6, 6.07) is 9.94. The summed E-state index contributed by atoms with van der Waals surface area (Å²) < 4.78 is 0. The summed E-state index contributed by atoms with van der Waals surface area (Å²) in [5.41, 5.74) is 11.5. The third kappa shape index (κ3) is 3.51. The van der Waals surface area contributed by atoms with Crippen LogP contribution in [-0.2, 0) is 12.8 Å². The Balaban J connectivity index is 1.67. The zero-order valence-corrected chi connectivity index (χ0v) is 17.7. The molecule has 28 heavy (non-hydrogen) atoms. The van der Waals surface area contributed by atoms with Crippen molar-refractivity contribution in [2.24, 2.45) is 11.3 Å². The van der Waals surface area contributed by atoms with E-state index in [9.17, 15) is 4.79 Å². The van der Waals surface area contributed by atoms with E-state index >= 15 is 0 Å². The number of thiophene rings is 1. The molecule has 1 aliphatic carbocycles. The topological polar surface area (TPSA) is 68.0 Å². The smallest absolute Gasteiger partial charge is 0.267 e. The third-order valence-corrected chi connectivity index (χ3v) is 6.91. The van der Waals surface area contributed by atoms with E-state index in [-0.39, 0.29) is 11.3 Å². The minimum Gasteiger partial charge on any atom is -0.397 e. The Morgan fingerprint density at radius 1 is 1.29 bits per heavy atom. The molecular formula is C23H27N3OS. The molecule has 0 spiro atoms. The fraction of sp³-hybridized carbons (Fsp3) is 0.391. The summed E-state index contributed by atoms with van der Waals surface area (Å²) in [5.74, 6) is 0.472.